The Morgan fingerprint density at radius 1 is 0.821 bits per heavy atom. The third-order valence-corrected chi connectivity index (χ3v) is 8.82. The fourth-order valence-corrected chi connectivity index (χ4v) is 7.19. The van der Waals surface area contributed by atoms with E-state index in [0.717, 1.165) is 49.9 Å². The number of hydrazone groups is 1. The van der Waals surface area contributed by atoms with Gasteiger partial charge in [0.25, 0.3) is 11.8 Å². The zero-order valence-corrected chi connectivity index (χ0v) is 22.5. The average Bonchev–Trinajstić information content (AvgIpc) is 3.38. The van der Waals surface area contributed by atoms with Crippen molar-refractivity contribution in [3.05, 3.63) is 117 Å². The summed E-state index contributed by atoms with van der Waals surface area (Å²) in [5, 5.41) is 6.22. The second-order valence-electron chi connectivity index (χ2n) is 10.5. The Balaban J connectivity index is 1.27. The summed E-state index contributed by atoms with van der Waals surface area (Å²) in [5.74, 6) is -0.974. The number of methoxy groups -OCH3 is 1. The molecule has 2 amide bonds. The van der Waals surface area contributed by atoms with Gasteiger partial charge in [-0.3, -0.25) is 9.59 Å². The minimum absolute atomic E-state index is 0.149. The Morgan fingerprint density at radius 2 is 1.36 bits per heavy atom. The van der Waals surface area contributed by atoms with E-state index in [1.54, 1.807) is 19.4 Å². The number of benzene rings is 3. The number of amides is 2. The summed E-state index contributed by atoms with van der Waals surface area (Å²) in [5.41, 5.74) is 8.05. The molecule has 7 heteroatoms. The number of nitrogens with zero attached hydrogens (tertiary/aromatic N) is 3. The van der Waals surface area contributed by atoms with E-state index in [4.69, 9.17) is 16.3 Å². The van der Waals surface area contributed by atoms with Crippen molar-refractivity contribution in [3.63, 3.8) is 0 Å². The molecule has 8 rings (SSSR count). The maximum absolute atomic E-state index is 13.8. The smallest absolute Gasteiger partial charge is 0.254 e. The van der Waals surface area contributed by atoms with E-state index in [0.29, 0.717) is 10.8 Å². The first kappa shape index (κ1) is 23.9. The average molecular weight is 536 g/mol. The minimum Gasteiger partial charge on any atom is -0.495 e. The van der Waals surface area contributed by atoms with Crippen LogP contribution in [0.25, 0.3) is 5.69 Å². The highest BCUT2D eigenvalue weighted by Crippen LogP contribution is 2.61. The highest BCUT2D eigenvalue weighted by molar-refractivity contribution is 6.30. The largest absolute Gasteiger partial charge is 0.495 e. The van der Waals surface area contributed by atoms with E-state index in [1.807, 2.05) is 60.9 Å². The molecule has 0 radical (unpaired) electrons. The summed E-state index contributed by atoms with van der Waals surface area (Å²) in [6.45, 7) is 3.95. The molecule has 0 saturated carbocycles. The molecule has 4 aromatic rings. The quantitative estimate of drug-likeness (QED) is 0.238. The molecule has 6 nitrogen and oxygen atoms in total. The molecular formula is C32H26ClN3O3. The summed E-state index contributed by atoms with van der Waals surface area (Å²) in [4.78, 5) is 27.7. The lowest BCUT2D eigenvalue weighted by molar-refractivity contribution is -0.139. The lowest BCUT2D eigenvalue weighted by Crippen LogP contribution is -2.41. The van der Waals surface area contributed by atoms with Gasteiger partial charge in [-0.1, -0.05) is 60.1 Å². The van der Waals surface area contributed by atoms with Crippen LogP contribution in [0.1, 0.15) is 51.0 Å². The molecule has 2 atom stereocenters. The first-order valence-corrected chi connectivity index (χ1v) is 13.4. The van der Waals surface area contributed by atoms with E-state index < -0.39 is 11.8 Å². The van der Waals surface area contributed by atoms with Gasteiger partial charge in [0.2, 0.25) is 0 Å². The molecule has 3 aliphatic carbocycles. The zero-order chi connectivity index (χ0) is 27.0. The van der Waals surface area contributed by atoms with Gasteiger partial charge >= 0.3 is 0 Å². The Hall–Kier alpha value is -4.16. The number of aryl methyl sites for hydroxylation is 1. The van der Waals surface area contributed by atoms with Gasteiger partial charge in [-0.05, 0) is 60.4 Å². The second-order valence-corrected chi connectivity index (χ2v) is 10.9. The molecule has 1 aliphatic heterocycles. The maximum Gasteiger partial charge on any atom is 0.254 e. The Kier molecular flexibility index (Phi) is 5.32. The summed E-state index contributed by atoms with van der Waals surface area (Å²) >= 11 is 6.29. The zero-order valence-electron chi connectivity index (χ0n) is 21.8. The molecule has 1 fully saturated rings. The summed E-state index contributed by atoms with van der Waals surface area (Å²) in [6.07, 6.45) is 1.62. The SMILES string of the molecule is COc1ccc(Cl)cc1-n1c(C)cc(/C=N\N2C(=O)[C@H]3C4c5ccccc5C(c5ccccc54)[C@@H]3C2=O)c1C. The monoisotopic (exact) mass is 535 g/mol. The molecule has 1 aromatic heterocycles. The van der Waals surface area contributed by atoms with Gasteiger partial charge in [-0.25, -0.2) is 0 Å². The van der Waals surface area contributed by atoms with Crippen molar-refractivity contribution in [2.45, 2.75) is 25.7 Å². The lowest BCUT2D eigenvalue weighted by atomic mass is 9.55. The molecule has 2 heterocycles. The fourth-order valence-electron chi connectivity index (χ4n) is 7.02. The van der Waals surface area contributed by atoms with E-state index in [1.165, 1.54) is 0 Å². The number of hydrogen-bond donors (Lipinski definition) is 0. The molecule has 0 N–H and O–H groups in total. The number of carbonyl (C=O) groups excluding carboxylic acids is 2. The summed E-state index contributed by atoms with van der Waals surface area (Å²) in [6, 6.07) is 23.9. The van der Waals surface area contributed by atoms with E-state index >= 15 is 0 Å². The number of aromatic nitrogens is 1. The first-order chi connectivity index (χ1) is 18.9. The lowest BCUT2D eigenvalue weighted by Gasteiger charge is -2.45. The van der Waals surface area contributed by atoms with E-state index in [2.05, 4.69) is 29.4 Å². The molecule has 0 spiro atoms. The van der Waals surface area contributed by atoms with Crippen LogP contribution in [-0.2, 0) is 9.59 Å². The van der Waals surface area contributed by atoms with E-state index in [-0.39, 0.29) is 23.7 Å². The van der Waals surface area contributed by atoms with Gasteiger partial charge in [-0.2, -0.15) is 10.1 Å². The van der Waals surface area contributed by atoms with Crippen LogP contribution in [0.2, 0.25) is 5.02 Å². The van der Waals surface area contributed by atoms with Crippen molar-refractivity contribution in [1.82, 2.24) is 9.58 Å². The van der Waals surface area contributed by atoms with Gasteiger partial charge in [0.05, 0.1) is 30.8 Å². The molecule has 39 heavy (non-hydrogen) atoms. The van der Waals surface area contributed by atoms with Crippen molar-refractivity contribution in [2.75, 3.05) is 7.11 Å². The van der Waals surface area contributed by atoms with Gasteiger partial charge in [0.15, 0.2) is 0 Å². The predicted octanol–water partition coefficient (Wildman–Crippen LogP) is 5.98. The van der Waals surface area contributed by atoms with Crippen LogP contribution in [0, 0.1) is 25.7 Å². The summed E-state index contributed by atoms with van der Waals surface area (Å²) < 4.78 is 7.60. The Bertz CT molecular complexity index is 1610. The van der Waals surface area contributed by atoms with Crippen molar-refractivity contribution >= 4 is 29.6 Å². The number of hydrogen-bond acceptors (Lipinski definition) is 4. The molecule has 3 aromatic carbocycles. The molecule has 2 bridgehead atoms. The molecule has 4 aliphatic rings. The fraction of sp³-hybridized carbons (Fsp3) is 0.219. The van der Waals surface area contributed by atoms with Crippen LogP contribution < -0.4 is 4.74 Å². The van der Waals surface area contributed by atoms with Crippen molar-refractivity contribution in [2.24, 2.45) is 16.9 Å². The number of imide groups is 1. The van der Waals surface area contributed by atoms with Crippen molar-refractivity contribution in [3.8, 4) is 11.4 Å². The number of rotatable bonds is 4. The van der Waals surface area contributed by atoms with Crippen LogP contribution in [0.5, 0.6) is 5.75 Å². The first-order valence-electron chi connectivity index (χ1n) is 13.0. The maximum atomic E-state index is 13.8. The summed E-state index contributed by atoms with van der Waals surface area (Å²) in [7, 11) is 1.62. The predicted molar refractivity (Wildman–Crippen MR) is 150 cm³/mol. The van der Waals surface area contributed by atoms with Crippen LogP contribution in [0.4, 0.5) is 0 Å². The third kappa shape index (κ3) is 3.31. The molecule has 1 saturated heterocycles. The Morgan fingerprint density at radius 3 is 1.87 bits per heavy atom. The van der Waals surface area contributed by atoms with Gasteiger partial charge in [0.1, 0.15) is 5.75 Å². The van der Waals surface area contributed by atoms with Crippen LogP contribution in [0.3, 0.4) is 0 Å². The number of carbonyl (C=O) groups is 2. The molecular weight excluding hydrogens is 510 g/mol. The standard InChI is InChI=1S/C32H26ClN3O3/c1-17-14-19(18(2)35(17)25-15-20(33)12-13-26(25)39-3)16-34-36-31(37)29-27-21-8-4-5-9-22(21)28(30(29)32(36)38)24-11-7-6-10-23(24)27/h4-16,27-30H,1-3H3/b34-16-/t27?,28?,29-,30-/m0/s1. The van der Waals surface area contributed by atoms with Crippen LogP contribution in [0.15, 0.2) is 77.9 Å². The van der Waals surface area contributed by atoms with Crippen LogP contribution >= 0.6 is 11.6 Å². The van der Waals surface area contributed by atoms with Crippen molar-refractivity contribution < 1.29 is 14.3 Å². The third-order valence-electron chi connectivity index (χ3n) is 8.59. The second kappa shape index (κ2) is 8.68. The van der Waals surface area contributed by atoms with Gasteiger partial charge in [-0.15, -0.1) is 0 Å². The highest BCUT2D eigenvalue weighted by atomic mass is 35.5. The minimum atomic E-state index is -0.451. The number of ether oxygens (including phenoxy) is 1. The normalized spacial score (nSPS) is 22.8. The highest BCUT2D eigenvalue weighted by Gasteiger charge is 2.61. The van der Waals surface area contributed by atoms with E-state index in [9.17, 15) is 9.59 Å². The Labute approximate surface area is 231 Å². The molecule has 194 valence electrons. The topological polar surface area (TPSA) is 63.9 Å². The van der Waals surface area contributed by atoms with Gasteiger partial charge < -0.3 is 9.30 Å². The van der Waals surface area contributed by atoms with Crippen molar-refractivity contribution in [1.29, 1.82) is 0 Å². The van der Waals surface area contributed by atoms with Crippen LogP contribution in [-0.4, -0.2) is 34.7 Å². The number of halogens is 1. The van der Waals surface area contributed by atoms with Gasteiger partial charge in [0, 0.05) is 33.8 Å². The molecule has 0 unspecified atom stereocenters.